The van der Waals surface area contributed by atoms with Crippen LogP contribution < -0.4 is 10.6 Å². The van der Waals surface area contributed by atoms with Crippen LogP contribution >= 0.6 is 0 Å². The van der Waals surface area contributed by atoms with E-state index in [1.54, 1.807) is 12.4 Å². The van der Waals surface area contributed by atoms with E-state index in [-0.39, 0.29) is 18.5 Å². The van der Waals surface area contributed by atoms with E-state index in [4.69, 9.17) is 5.11 Å². The molecule has 8 heteroatoms. The van der Waals surface area contributed by atoms with Crippen molar-refractivity contribution in [2.75, 3.05) is 11.9 Å². The average molecular weight is 331 g/mol. The largest absolute Gasteiger partial charge is 0.481 e. The summed E-state index contributed by atoms with van der Waals surface area (Å²) in [6.07, 6.45) is 2.06. The zero-order chi connectivity index (χ0) is 17.5. The standard InChI is InChI=1S/C16H21N5O3/c1-11(2)21-10-18-20-15(21)12-6-3-4-7-13(12)19-16(24)17-9-5-8-14(22)23/h3-4,6-7,10-11H,5,8-9H2,1-2H3,(H,22,23)(H2,17,19,24). The monoisotopic (exact) mass is 331 g/mol. The highest BCUT2D eigenvalue weighted by Crippen LogP contribution is 2.27. The number of carbonyl (C=O) groups is 2. The minimum atomic E-state index is -0.879. The van der Waals surface area contributed by atoms with Gasteiger partial charge in [0, 0.05) is 24.6 Å². The molecule has 0 saturated heterocycles. The number of nitrogens with zero attached hydrogens (tertiary/aromatic N) is 3. The summed E-state index contributed by atoms with van der Waals surface area (Å²) in [4.78, 5) is 22.4. The van der Waals surface area contributed by atoms with Crippen LogP contribution in [-0.2, 0) is 4.79 Å². The van der Waals surface area contributed by atoms with Crippen LogP contribution in [0.15, 0.2) is 30.6 Å². The number of nitrogens with one attached hydrogen (secondary N) is 2. The molecule has 0 aliphatic carbocycles. The van der Waals surface area contributed by atoms with E-state index in [9.17, 15) is 9.59 Å². The van der Waals surface area contributed by atoms with Crippen molar-refractivity contribution in [3.63, 3.8) is 0 Å². The highest BCUT2D eigenvalue weighted by molar-refractivity contribution is 5.93. The summed E-state index contributed by atoms with van der Waals surface area (Å²) in [5.74, 6) is -0.206. The van der Waals surface area contributed by atoms with E-state index in [0.29, 0.717) is 24.5 Å². The summed E-state index contributed by atoms with van der Waals surface area (Å²) in [6, 6.07) is 7.13. The molecule has 128 valence electrons. The van der Waals surface area contributed by atoms with Crippen LogP contribution in [0.1, 0.15) is 32.7 Å². The van der Waals surface area contributed by atoms with Gasteiger partial charge in [0.2, 0.25) is 0 Å². The minimum absolute atomic E-state index is 0.0222. The Kier molecular flexibility index (Phi) is 5.89. The number of carbonyl (C=O) groups excluding carboxylic acids is 1. The molecule has 0 saturated carbocycles. The molecule has 2 amide bonds. The Bertz CT molecular complexity index is 711. The second kappa shape index (κ2) is 8.09. The minimum Gasteiger partial charge on any atom is -0.481 e. The Balaban J connectivity index is 2.08. The Labute approximate surface area is 139 Å². The van der Waals surface area contributed by atoms with Gasteiger partial charge in [-0.3, -0.25) is 4.79 Å². The Hall–Kier alpha value is -2.90. The zero-order valence-electron chi connectivity index (χ0n) is 13.7. The normalized spacial score (nSPS) is 10.6. The number of hydrogen-bond donors (Lipinski definition) is 3. The molecule has 24 heavy (non-hydrogen) atoms. The molecule has 1 aromatic heterocycles. The first-order valence-electron chi connectivity index (χ1n) is 7.74. The maximum absolute atomic E-state index is 12.0. The van der Waals surface area contributed by atoms with Crippen LogP contribution in [0, 0.1) is 0 Å². The topological polar surface area (TPSA) is 109 Å². The highest BCUT2D eigenvalue weighted by Gasteiger charge is 2.14. The fourth-order valence-electron chi connectivity index (χ4n) is 2.21. The van der Waals surface area contributed by atoms with Crippen molar-refractivity contribution < 1.29 is 14.7 Å². The van der Waals surface area contributed by atoms with Gasteiger partial charge in [0.1, 0.15) is 6.33 Å². The van der Waals surface area contributed by atoms with Gasteiger partial charge >= 0.3 is 12.0 Å². The van der Waals surface area contributed by atoms with Crippen molar-refractivity contribution in [1.29, 1.82) is 0 Å². The van der Waals surface area contributed by atoms with Gasteiger partial charge in [-0.05, 0) is 32.4 Å². The Morgan fingerprint density at radius 3 is 2.75 bits per heavy atom. The van der Waals surface area contributed by atoms with E-state index in [1.165, 1.54) is 0 Å². The first-order valence-corrected chi connectivity index (χ1v) is 7.74. The summed E-state index contributed by atoms with van der Waals surface area (Å²) >= 11 is 0. The van der Waals surface area contributed by atoms with Crippen molar-refractivity contribution in [3.05, 3.63) is 30.6 Å². The lowest BCUT2D eigenvalue weighted by Gasteiger charge is -2.14. The quantitative estimate of drug-likeness (QED) is 0.675. The molecular formula is C16H21N5O3. The van der Waals surface area contributed by atoms with E-state index < -0.39 is 5.97 Å². The highest BCUT2D eigenvalue weighted by atomic mass is 16.4. The molecule has 2 rings (SSSR count). The van der Waals surface area contributed by atoms with Gasteiger partial charge in [0.25, 0.3) is 0 Å². The molecule has 0 unspecified atom stereocenters. The van der Waals surface area contributed by atoms with Crippen molar-refractivity contribution in [3.8, 4) is 11.4 Å². The van der Waals surface area contributed by atoms with Crippen LogP contribution in [0.4, 0.5) is 10.5 Å². The van der Waals surface area contributed by atoms with Crippen LogP contribution in [0.25, 0.3) is 11.4 Å². The average Bonchev–Trinajstić information content (AvgIpc) is 3.01. The number of para-hydroxylation sites is 1. The molecule has 1 aromatic carbocycles. The molecule has 0 radical (unpaired) electrons. The predicted octanol–water partition coefficient (Wildman–Crippen LogP) is 2.51. The number of hydrogen-bond acceptors (Lipinski definition) is 4. The van der Waals surface area contributed by atoms with Gasteiger partial charge in [-0.15, -0.1) is 10.2 Å². The summed E-state index contributed by atoms with van der Waals surface area (Å²) < 4.78 is 1.92. The zero-order valence-corrected chi connectivity index (χ0v) is 13.7. The molecule has 0 aliphatic rings. The first-order chi connectivity index (χ1) is 11.5. The maximum Gasteiger partial charge on any atom is 0.319 e. The number of rotatable bonds is 7. The molecule has 0 atom stereocenters. The van der Waals surface area contributed by atoms with Crippen molar-refractivity contribution in [1.82, 2.24) is 20.1 Å². The molecule has 0 aliphatic heterocycles. The second-order valence-electron chi connectivity index (χ2n) is 5.58. The van der Waals surface area contributed by atoms with Crippen molar-refractivity contribution >= 4 is 17.7 Å². The van der Waals surface area contributed by atoms with Crippen LogP contribution in [0.3, 0.4) is 0 Å². The molecule has 8 nitrogen and oxygen atoms in total. The molecular weight excluding hydrogens is 310 g/mol. The molecule has 0 bridgehead atoms. The number of anilines is 1. The van der Waals surface area contributed by atoms with E-state index in [0.717, 1.165) is 5.56 Å². The Morgan fingerprint density at radius 2 is 2.04 bits per heavy atom. The number of benzene rings is 1. The van der Waals surface area contributed by atoms with Gasteiger partial charge in [0.05, 0.1) is 5.69 Å². The molecule has 0 fully saturated rings. The third kappa shape index (κ3) is 4.55. The van der Waals surface area contributed by atoms with Crippen LogP contribution in [-0.4, -0.2) is 38.4 Å². The van der Waals surface area contributed by atoms with Crippen LogP contribution in [0.2, 0.25) is 0 Å². The van der Waals surface area contributed by atoms with Crippen molar-refractivity contribution in [2.45, 2.75) is 32.7 Å². The second-order valence-corrected chi connectivity index (χ2v) is 5.58. The van der Waals surface area contributed by atoms with Gasteiger partial charge in [-0.2, -0.15) is 0 Å². The van der Waals surface area contributed by atoms with Crippen molar-refractivity contribution in [2.24, 2.45) is 0 Å². The van der Waals surface area contributed by atoms with Gasteiger partial charge < -0.3 is 20.3 Å². The van der Waals surface area contributed by atoms with Gasteiger partial charge in [-0.25, -0.2) is 4.79 Å². The lowest BCUT2D eigenvalue weighted by Crippen LogP contribution is -2.30. The van der Waals surface area contributed by atoms with Gasteiger partial charge in [-0.1, -0.05) is 12.1 Å². The number of carboxylic acids is 1. The fourth-order valence-corrected chi connectivity index (χ4v) is 2.21. The molecule has 1 heterocycles. The summed E-state index contributed by atoms with van der Waals surface area (Å²) in [5.41, 5.74) is 1.38. The molecule has 0 spiro atoms. The van der Waals surface area contributed by atoms with E-state index >= 15 is 0 Å². The SMILES string of the molecule is CC(C)n1cnnc1-c1ccccc1NC(=O)NCCCC(=O)O. The van der Waals surface area contributed by atoms with Gasteiger partial charge in [0.15, 0.2) is 5.82 Å². The predicted molar refractivity (Wildman–Crippen MR) is 89.7 cm³/mol. The summed E-state index contributed by atoms with van der Waals surface area (Å²) in [6.45, 7) is 4.35. The Morgan fingerprint density at radius 1 is 1.29 bits per heavy atom. The number of aromatic nitrogens is 3. The smallest absolute Gasteiger partial charge is 0.319 e. The lowest BCUT2D eigenvalue weighted by atomic mass is 10.1. The molecule has 2 aromatic rings. The van der Waals surface area contributed by atoms with Crippen LogP contribution in [0.5, 0.6) is 0 Å². The summed E-state index contributed by atoms with van der Waals surface area (Å²) in [5, 5.41) is 22.1. The van der Waals surface area contributed by atoms with E-state index in [2.05, 4.69) is 20.8 Å². The lowest BCUT2D eigenvalue weighted by molar-refractivity contribution is -0.137. The first kappa shape index (κ1) is 17.5. The fraction of sp³-hybridized carbons (Fsp3) is 0.375. The maximum atomic E-state index is 12.0. The number of aliphatic carboxylic acids is 1. The third-order valence-corrected chi connectivity index (χ3v) is 3.40. The molecule has 3 N–H and O–H groups in total. The number of urea groups is 1. The number of carboxylic acid groups (broad SMARTS) is 1. The third-order valence-electron chi connectivity index (χ3n) is 3.40. The van der Waals surface area contributed by atoms with E-state index in [1.807, 2.05) is 36.6 Å². The summed E-state index contributed by atoms with van der Waals surface area (Å²) in [7, 11) is 0. The number of amides is 2.